The van der Waals surface area contributed by atoms with Crippen molar-refractivity contribution in [1.29, 1.82) is 0 Å². The molecule has 2 heterocycles. The molecule has 0 amide bonds. The fraction of sp³-hybridized carbons (Fsp3) is 0.172. The van der Waals surface area contributed by atoms with Crippen molar-refractivity contribution in [2.45, 2.75) is 12.0 Å². The molecule has 7 nitrogen and oxygen atoms in total. The predicted molar refractivity (Wildman–Crippen MR) is 143 cm³/mol. The fourth-order valence-electron chi connectivity index (χ4n) is 4.72. The number of pyridine rings is 1. The van der Waals surface area contributed by atoms with Gasteiger partial charge in [-0.15, -0.1) is 0 Å². The van der Waals surface area contributed by atoms with Gasteiger partial charge in [0.1, 0.15) is 5.75 Å². The second kappa shape index (κ2) is 9.86. The number of aromatic nitrogens is 3. The summed E-state index contributed by atoms with van der Waals surface area (Å²) in [5, 5.41) is 33.4. The Kier molecular flexibility index (Phi) is 6.60. The lowest BCUT2D eigenvalue weighted by Gasteiger charge is -2.31. The van der Waals surface area contributed by atoms with E-state index in [1.165, 1.54) is 0 Å². The number of aliphatic hydroxyl groups excluding tert-OH is 1. The van der Waals surface area contributed by atoms with Crippen molar-refractivity contribution in [3.8, 4) is 22.8 Å². The Morgan fingerprint density at radius 1 is 1.03 bits per heavy atom. The van der Waals surface area contributed by atoms with E-state index in [0.717, 1.165) is 22.1 Å². The standard InChI is InChI=1S/C29H26ClN3O4/c1-33-17-31-16-27(33)29(36,20-6-8-25(30)19(12-20)10-11-34)21-7-9-26-24(14-21)23(15-28(32-26)37-2)18-4-3-5-22(35)13-18/h3-9,12-17,34-36H,10-11H2,1-2H3. The quantitative estimate of drug-likeness (QED) is 0.287. The average Bonchev–Trinajstić information content (AvgIpc) is 3.35. The smallest absolute Gasteiger partial charge is 0.214 e. The number of rotatable bonds is 7. The van der Waals surface area contributed by atoms with E-state index in [0.29, 0.717) is 39.7 Å². The second-order valence-electron chi connectivity index (χ2n) is 8.87. The highest BCUT2D eigenvalue weighted by molar-refractivity contribution is 6.31. The summed E-state index contributed by atoms with van der Waals surface area (Å²) in [5.74, 6) is 0.577. The Morgan fingerprint density at radius 2 is 1.81 bits per heavy atom. The second-order valence-corrected chi connectivity index (χ2v) is 9.28. The van der Waals surface area contributed by atoms with Crippen molar-refractivity contribution >= 4 is 22.5 Å². The first-order valence-electron chi connectivity index (χ1n) is 11.7. The molecule has 188 valence electrons. The first-order valence-corrected chi connectivity index (χ1v) is 12.1. The molecule has 0 radical (unpaired) electrons. The third-order valence-electron chi connectivity index (χ3n) is 6.60. The molecule has 0 bridgehead atoms. The van der Waals surface area contributed by atoms with E-state index >= 15 is 0 Å². The summed E-state index contributed by atoms with van der Waals surface area (Å²) >= 11 is 6.38. The molecule has 3 N–H and O–H groups in total. The molecule has 5 aromatic rings. The van der Waals surface area contributed by atoms with Gasteiger partial charge in [0, 0.05) is 30.1 Å². The van der Waals surface area contributed by atoms with Gasteiger partial charge in [0.25, 0.3) is 0 Å². The van der Waals surface area contributed by atoms with Gasteiger partial charge in [-0.2, -0.15) is 0 Å². The molecule has 0 saturated heterocycles. The zero-order valence-electron chi connectivity index (χ0n) is 20.4. The van der Waals surface area contributed by atoms with Crippen LogP contribution in [0.5, 0.6) is 11.6 Å². The molecule has 1 unspecified atom stereocenters. The lowest BCUT2D eigenvalue weighted by atomic mass is 9.81. The Hall–Kier alpha value is -3.91. The van der Waals surface area contributed by atoms with Gasteiger partial charge in [-0.25, -0.2) is 9.97 Å². The molecule has 3 aromatic carbocycles. The molecule has 8 heteroatoms. The number of nitrogens with zero attached hydrogens (tertiary/aromatic N) is 3. The van der Waals surface area contributed by atoms with Crippen molar-refractivity contribution in [2.24, 2.45) is 7.05 Å². The number of benzene rings is 3. The number of fused-ring (bicyclic) bond motifs is 1. The van der Waals surface area contributed by atoms with Crippen molar-refractivity contribution < 1.29 is 20.1 Å². The minimum atomic E-state index is -1.59. The number of methoxy groups -OCH3 is 1. The maximum atomic E-state index is 12.5. The molecule has 5 rings (SSSR count). The monoisotopic (exact) mass is 515 g/mol. The van der Waals surface area contributed by atoms with E-state index in [2.05, 4.69) is 9.97 Å². The molecule has 1 atom stereocenters. The largest absolute Gasteiger partial charge is 0.508 e. The number of hydrogen-bond acceptors (Lipinski definition) is 6. The van der Waals surface area contributed by atoms with Crippen LogP contribution in [0.3, 0.4) is 0 Å². The van der Waals surface area contributed by atoms with Gasteiger partial charge in [0.2, 0.25) is 5.88 Å². The topological polar surface area (TPSA) is 101 Å². The van der Waals surface area contributed by atoms with Crippen molar-refractivity contribution in [3.05, 3.63) is 107 Å². The van der Waals surface area contributed by atoms with Crippen molar-refractivity contribution in [2.75, 3.05) is 13.7 Å². The molecule has 0 aliphatic carbocycles. The van der Waals surface area contributed by atoms with E-state index in [1.54, 1.807) is 54.5 Å². The zero-order valence-corrected chi connectivity index (χ0v) is 21.1. The normalized spacial score (nSPS) is 13.0. The number of phenols is 1. The van der Waals surface area contributed by atoms with Crippen LogP contribution in [0.25, 0.3) is 22.0 Å². The van der Waals surface area contributed by atoms with Crippen LogP contribution in [0.1, 0.15) is 22.4 Å². The van der Waals surface area contributed by atoms with Gasteiger partial charge in [-0.3, -0.25) is 0 Å². The fourth-order valence-corrected chi connectivity index (χ4v) is 4.94. The number of aromatic hydroxyl groups is 1. The number of imidazole rings is 1. The summed E-state index contributed by atoms with van der Waals surface area (Å²) in [6.45, 7) is -0.0654. The average molecular weight is 516 g/mol. The van der Waals surface area contributed by atoms with E-state index in [4.69, 9.17) is 16.3 Å². The number of ether oxygens (including phenoxy) is 1. The molecule has 37 heavy (non-hydrogen) atoms. The first-order chi connectivity index (χ1) is 17.8. The van der Waals surface area contributed by atoms with Crippen LogP contribution in [0.4, 0.5) is 0 Å². The van der Waals surface area contributed by atoms with E-state index in [9.17, 15) is 15.3 Å². The van der Waals surface area contributed by atoms with Gasteiger partial charge in [0.15, 0.2) is 5.60 Å². The van der Waals surface area contributed by atoms with Crippen molar-refractivity contribution in [1.82, 2.24) is 14.5 Å². The summed E-state index contributed by atoms with van der Waals surface area (Å²) in [4.78, 5) is 8.85. The predicted octanol–water partition coefficient (Wildman–Crippen LogP) is 4.82. The van der Waals surface area contributed by atoms with Gasteiger partial charge >= 0.3 is 0 Å². The van der Waals surface area contributed by atoms with Crippen LogP contribution in [-0.2, 0) is 19.1 Å². The lowest BCUT2D eigenvalue weighted by Crippen LogP contribution is -2.31. The zero-order chi connectivity index (χ0) is 26.2. The van der Waals surface area contributed by atoms with Crippen LogP contribution in [-0.4, -0.2) is 43.6 Å². The molecule has 0 spiro atoms. The Balaban J connectivity index is 1.80. The number of aliphatic hydroxyl groups is 2. The summed E-state index contributed by atoms with van der Waals surface area (Å²) in [6.07, 6.45) is 3.63. The van der Waals surface area contributed by atoms with Crippen LogP contribution in [0, 0.1) is 0 Å². The molecular weight excluding hydrogens is 490 g/mol. The summed E-state index contributed by atoms with van der Waals surface area (Å²) in [6, 6.07) is 19.7. The Bertz CT molecular complexity index is 1600. The van der Waals surface area contributed by atoms with Crippen LogP contribution in [0.2, 0.25) is 5.02 Å². The Morgan fingerprint density at radius 3 is 2.51 bits per heavy atom. The van der Waals surface area contributed by atoms with E-state index in [1.807, 2.05) is 43.4 Å². The van der Waals surface area contributed by atoms with Gasteiger partial charge in [-0.05, 0) is 64.6 Å². The molecule has 0 saturated carbocycles. The van der Waals surface area contributed by atoms with Gasteiger partial charge < -0.3 is 24.6 Å². The Labute approximate surface area is 219 Å². The summed E-state index contributed by atoms with van der Waals surface area (Å²) in [7, 11) is 3.38. The third-order valence-corrected chi connectivity index (χ3v) is 6.97. The number of hydrogen-bond donors (Lipinski definition) is 3. The van der Waals surface area contributed by atoms with Crippen LogP contribution in [0.15, 0.2) is 79.3 Å². The third kappa shape index (κ3) is 4.42. The minimum absolute atomic E-state index is 0.0654. The van der Waals surface area contributed by atoms with Crippen molar-refractivity contribution in [3.63, 3.8) is 0 Å². The molecule has 2 aromatic heterocycles. The van der Waals surface area contributed by atoms with Crippen LogP contribution < -0.4 is 4.74 Å². The molecule has 0 aliphatic heterocycles. The molecule has 0 aliphatic rings. The van der Waals surface area contributed by atoms with Gasteiger partial charge in [-0.1, -0.05) is 41.9 Å². The maximum absolute atomic E-state index is 12.5. The number of aryl methyl sites for hydroxylation is 1. The summed E-state index contributed by atoms with van der Waals surface area (Å²) < 4.78 is 7.21. The summed E-state index contributed by atoms with van der Waals surface area (Å²) in [5.41, 5.74) is 3.13. The number of phenolic OH excluding ortho intramolecular Hbond substituents is 1. The van der Waals surface area contributed by atoms with E-state index in [-0.39, 0.29) is 12.4 Å². The first kappa shape index (κ1) is 24.8. The maximum Gasteiger partial charge on any atom is 0.214 e. The lowest BCUT2D eigenvalue weighted by molar-refractivity contribution is 0.117. The molecular formula is C29H26ClN3O4. The highest BCUT2D eigenvalue weighted by Crippen LogP contribution is 2.41. The highest BCUT2D eigenvalue weighted by atomic mass is 35.5. The number of halogens is 1. The van der Waals surface area contributed by atoms with Crippen LogP contribution >= 0.6 is 11.6 Å². The van der Waals surface area contributed by atoms with Gasteiger partial charge in [0.05, 0.1) is 30.8 Å². The van der Waals surface area contributed by atoms with E-state index < -0.39 is 5.60 Å². The minimum Gasteiger partial charge on any atom is -0.508 e. The molecule has 0 fully saturated rings. The highest BCUT2D eigenvalue weighted by Gasteiger charge is 2.37. The SMILES string of the molecule is COc1cc(-c2cccc(O)c2)c2cc(C(O)(c3ccc(Cl)c(CCO)c3)c3cncn3C)ccc2n1.